The predicted molar refractivity (Wildman–Crippen MR) is 104 cm³/mol. The molecule has 0 aliphatic carbocycles. The summed E-state index contributed by atoms with van der Waals surface area (Å²) >= 11 is 0. The van der Waals surface area contributed by atoms with Gasteiger partial charge in [-0.1, -0.05) is 27.7 Å². The number of hydrogen-bond acceptors (Lipinski definition) is 4. The third-order valence-electron chi connectivity index (χ3n) is 4.49. The Morgan fingerprint density at radius 1 is 1.42 bits per heavy atom. The van der Waals surface area contributed by atoms with Gasteiger partial charge >= 0.3 is 0 Å². The molecule has 0 fully saturated rings. The Morgan fingerprint density at radius 3 is 2.77 bits per heavy atom. The average Bonchev–Trinajstić information content (AvgIpc) is 2.89. The first-order chi connectivity index (χ1) is 12.2. The fourth-order valence-corrected chi connectivity index (χ4v) is 2.79. The lowest BCUT2D eigenvalue weighted by Gasteiger charge is -2.25. The Morgan fingerprint density at radius 2 is 2.15 bits per heavy atom. The summed E-state index contributed by atoms with van der Waals surface area (Å²) in [7, 11) is 0. The summed E-state index contributed by atoms with van der Waals surface area (Å²) in [6, 6.07) is 3.87. The van der Waals surface area contributed by atoms with Crippen molar-refractivity contribution in [3.05, 3.63) is 41.4 Å². The second kappa shape index (κ2) is 8.47. The molecule has 0 saturated heterocycles. The monoisotopic (exact) mass is 358 g/mol. The highest BCUT2D eigenvalue weighted by Crippen LogP contribution is 2.21. The maximum Gasteiger partial charge on any atom is 0.267 e. The van der Waals surface area contributed by atoms with Gasteiger partial charge in [-0.05, 0) is 55.6 Å². The van der Waals surface area contributed by atoms with Crippen molar-refractivity contribution in [3.8, 4) is 0 Å². The van der Waals surface area contributed by atoms with Crippen LogP contribution in [0.4, 0.5) is 0 Å². The van der Waals surface area contributed by atoms with Crippen molar-refractivity contribution in [2.24, 2.45) is 5.41 Å². The van der Waals surface area contributed by atoms with Crippen LogP contribution in [0.25, 0.3) is 11.7 Å². The quantitative estimate of drug-likeness (QED) is 0.452. The lowest BCUT2D eigenvalue weighted by Crippen LogP contribution is -2.27. The van der Waals surface area contributed by atoms with E-state index in [2.05, 4.69) is 42.0 Å². The summed E-state index contributed by atoms with van der Waals surface area (Å²) in [4.78, 5) is 18.2. The van der Waals surface area contributed by atoms with Crippen molar-refractivity contribution < 1.29 is 10.0 Å². The van der Waals surface area contributed by atoms with Gasteiger partial charge in [0.2, 0.25) is 0 Å². The van der Waals surface area contributed by atoms with Gasteiger partial charge in [0, 0.05) is 18.8 Å². The van der Waals surface area contributed by atoms with Crippen molar-refractivity contribution in [1.29, 1.82) is 0 Å². The highest BCUT2D eigenvalue weighted by molar-refractivity contribution is 5.90. The second-order valence-corrected chi connectivity index (χ2v) is 7.82. The minimum atomic E-state index is -0.553. The lowest BCUT2D eigenvalue weighted by molar-refractivity contribution is -0.124. The molecule has 6 heteroatoms. The number of aromatic nitrogens is 2. The number of carbonyl (C=O) groups excluding carboxylic acids is 1. The number of hydrogen-bond donors (Lipinski definition) is 2. The molecule has 0 aliphatic heterocycles. The molecule has 0 aliphatic rings. The zero-order valence-electron chi connectivity index (χ0n) is 16.4. The molecular weight excluding hydrogens is 328 g/mol. The summed E-state index contributed by atoms with van der Waals surface area (Å²) < 4.78 is 2.11. The minimum absolute atomic E-state index is 0.323. The van der Waals surface area contributed by atoms with Gasteiger partial charge in [0.15, 0.2) is 0 Å². The van der Waals surface area contributed by atoms with Crippen molar-refractivity contribution in [2.45, 2.75) is 47.6 Å². The first kappa shape index (κ1) is 20.1. The molecule has 142 valence electrons. The molecule has 26 heavy (non-hydrogen) atoms. The van der Waals surface area contributed by atoms with Crippen molar-refractivity contribution in [1.82, 2.24) is 19.8 Å². The van der Waals surface area contributed by atoms with Crippen LogP contribution in [0.3, 0.4) is 0 Å². The maximum atomic E-state index is 11.1. The molecule has 0 spiro atoms. The third-order valence-corrected chi connectivity index (χ3v) is 4.49. The van der Waals surface area contributed by atoms with Crippen LogP contribution in [-0.2, 0) is 11.3 Å². The van der Waals surface area contributed by atoms with E-state index in [4.69, 9.17) is 5.21 Å². The molecule has 2 aromatic heterocycles. The van der Waals surface area contributed by atoms with E-state index in [-0.39, 0.29) is 0 Å². The van der Waals surface area contributed by atoms with Crippen LogP contribution in [0.15, 0.2) is 24.4 Å². The Balaban J connectivity index is 2.21. The number of pyridine rings is 1. The summed E-state index contributed by atoms with van der Waals surface area (Å²) in [6.45, 7) is 14.0. The lowest BCUT2D eigenvalue weighted by atomic mass is 9.92. The fourth-order valence-electron chi connectivity index (χ4n) is 2.79. The Hall–Kier alpha value is -2.18. The van der Waals surface area contributed by atoms with E-state index >= 15 is 0 Å². The molecule has 0 saturated carbocycles. The normalized spacial score (nSPS) is 12.4. The molecule has 0 atom stereocenters. The average molecular weight is 358 g/mol. The number of nitrogens with one attached hydrogen (secondary N) is 1. The molecule has 2 N–H and O–H groups in total. The number of carbonyl (C=O) groups is 1. The van der Waals surface area contributed by atoms with Crippen LogP contribution in [-0.4, -0.2) is 38.5 Å². The molecule has 2 rings (SSSR count). The standard InChI is InChI=1S/C20H30N4O2/c1-6-23(12-10-20(3,4)5)14-17-15(2)21-18-13-16(9-11-24(17)18)7-8-19(25)22-26/h7-9,11,13,26H,6,10,12,14H2,1-5H3,(H,22,25). The van der Waals surface area contributed by atoms with Gasteiger partial charge in [0.05, 0.1) is 11.4 Å². The first-order valence-electron chi connectivity index (χ1n) is 9.05. The van der Waals surface area contributed by atoms with Crippen LogP contribution < -0.4 is 5.48 Å². The minimum Gasteiger partial charge on any atom is -0.302 e. The molecule has 2 aromatic rings. The molecule has 1 amide bonds. The first-order valence-corrected chi connectivity index (χ1v) is 9.05. The van der Waals surface area contributed by atoms with Crippen LogP contribution in [0.1, 0.15) is 51.1 Å². The fraction of sp³-hybridized carbons (Fsp3) is 0.500. The highest BCUT2D eigenvalue weighted by Gasteiger charge is 2.16. The molecule has 2 heterocycles. The number of fused-ring (bicyclic) bond motifs is 1. The Bertz CT molecular complexity index is 787. The van der Waals surface area contributed by atoms with Crippen molar-refractivity contribution in [2.75, 3.05) is 13.1 Å². The van der Waals surface area contributed by atoms with E-state index in [9.17, 15) is 4.79 Å². The van der Waals surface area contributed by atoms with E-state index in [0.717, 1.165) is 43.0 Å². The Kier molecular flexibility index (Phi) is 6.56. The molecule has 0 bridgehead atoms. The van der Waals surface area contributed by atoms with Crippen molar-refractivity contribution in [3.63, 3.8) is 0 Å². The topological polar surface area (TPSA) is 69.9 Å². The largest absolute Gasteiger partial charge is 0.302 e. The van der Waals surface area contributed by atoms with E-state index in [0.29, 0.717) is 5.41 Å². The summed E-state index contributed by atoms with van der Waals surface area (Å²) in [5.41, 5.74) is 5.84. The van der Waals surface area contributed by atoms with Gasteiger partial charge in [0.1, 0.15) is 5.65 Å². The van der Waals surface area contributed by atoms with Gasteiger partial charge in [0.25, 0.3) is 5.91 Å². The number of amides is 1. The van der Waals surface area contributed by atoms with Gasteiger partial charge in [-0.3, -0.25) is 14.9 Å². The zero-order chi connectivity index (χ0) is 19.3. The number of hydroxylamine groups is 1. The highest BCUT2D eigenvalue weighted by atomic mass is 16.5. The van der Waals surface area contributed by atoms with Gasteiger partial charge in [-0.2, -0.15) is 0 Å². The van der Waals surface area contributed by atoms with E-state index in [1.165, 1.54) is 11.8 Å². The number of nitrogens with zero attached hydrogens (tertiary/aromatic N) is 3. The van der Waals surface area contributed by atoms with Crippen LogP contribution in [0, 0.1) is 12.3 Å². The van der Waals surface area contributed by atoms with Gasteiger partial charge in [-0.15, -0.1) is 0 Å². The van der Waals surface area contributed by atoms with Gasteiger partial charge < -0.3 is 4.40 Å². The van der Waals surface area contributed by atoms with Gasteiger partial charge in [-0.25, -0.2) is 10.5 Å². The molecule has 0 radical (unpaired) electrons. The van der Waals surface area contributed by atoms with Crippen LogP contribution >= 0.6 is 0 Å². The van der Waals surface area contributed by atoms with Crippen LogP contribution in [0.5, 0.6) is 0 Å². The molecule has 6 nitrogen and oxygen atoms in total. The zero-order valence-corrected chi connectivity index (χ0v) is 16.4. The number of imidazole rings is 1. The SMILES string of the molecule is CCN(CCC(C)(C)C)Cc1c(C)nc2cc(C=CC(=O)NO)ccn12. The van der Waals surface area contributed by atoms with Crippen LogP contribution in [0.2, 0.25) is 0 Å². The molecular formula is C20H30N4O2. The second-order valence-electron chi connectivity index (χ2n) is 7.82. The summed E-state index contributed by atoms with van der Waals surface area (Å²) in [5, 5.41) is 8.55. The smallest absolute Gasteiger partial charge is 0.267 e. The summed E-state index contributed by atoms with van der Waals surface area (Å²) in [5.74, 6) is -0.553. The van der Waals surface area contributed by atoms with Crippen molar-refractivity contribution >= 4 is 17.6 Å². The number of rotatable bonds is 7. The van der Waals surface area contributed by atoms with E-state index in [1.54, 1.807) is 11.6 Å². The third kappa shape index (κ3) is 5.41. The number of aryl methyl sites for hydroxylation is 1. The molecule has 0 unspecified atom stereocenters. The predicted octanol–water partition coefficient (Wildman–Crippen LogP) is 3.42. The maximum absolute atomic E-state index is 11.1. The summed E-state index contributed by atoms with van der Waals surface area (Å²) in [6.07, 6.45) is 6.07. The van der Waals surface area contributed by atoms with E-state index < -0.39 is 5.91 Å². The van der Waals surface area contributed by atoms with E-state index in [1.807, 2.05) is 25.3 Å². The molecule has 0 aromatic carbocycles. The Labute approximate surface area is 155 Å².